The summed E-state index contributed by atoms with van der Waals surface area (Å²) in [6, 6.07) is 0.621. The highest BCUT2D eigenvalue weighted by Crippen LogP contribution is 2.44. The van der Waals surface area contributed by atoms with Gasteiger partial charge in [-0.3, -0.25) is 0 Å². The van der Waals surface area contributed by atoms with Crippen molar-refractivity contribution in [3.05, 3.63) is 0 Å². The zero-order valence-corrected chi connectivity index (χ0v) is 8.65. The number of aliphatic hydroxyl groups is 1. The molecule has 2 unspecified atom stereocenters. The smallest absolute Gasteiger partial charge is 0.0741 e. The molecule has 1 rings (SSSR count). The van der Waals surface area contributed by atoms with Crippen LogP contribution in [-0.4, -0.2) is 23.3 Å². The molecule has 0 aliphatic heterocycles. The summed E-state index contributed by atoms with van der Waals surface area (Å²) in [7, 11) is 0. The first-order valence-electron chi connectivity index (χ1n) is 4.83. The van der Waals surface area contributed by atoms with Crippen molar-refractivity contribution < 1.29 is 5.11 Å². The fourth-order valence-corrected chi connectivity index (χ4v) is 1.28. The van der Waals surface area contributed by atoms with Crippen molar-refractivity contribution in [1.29, 1.82) is 0 Å². The summed E-state index contributed by atoms with van der Waals surface area (Å²) < 4.78 is 0. The van der Waals surface area contributed by atoms with Gasteiger partial charge in [-0.2, -0.15) is 0 Å². The lowest BCUT2D eigenvalue weighted by Crippen LogP contribution is -2.39. The van der Waals surface area contributed by atoms with Crippen LogP contribution in [0.2, 0.25) is 0 Å². The minimum atomic E-state index is -0.529. The number of hydrogen-bond acceptors (Lipinski definition) is 2. The highest BCUT2D eigenvalue weighted by Gasteiger charge is 2.45. The van der Waals surface area contributed by atoms with E-state index in [4.69, 9.17) is 0 Å². The average molecular weight is 171 g/mol. The van der Waals surface area contributed by atoms with Crippen LogP contribution in [0.25, 0.3) is 0 Å². The summed E-state index contributed by atoms with van der Waals surface area (Å²) in [5, 5.41) is 13.1. The molecule has 1 saturated carbocycles. The van der Waals surface area contributed by atoms with Gasteiger partial charge in [-0.25, -0.2) is 0 Å². The van der Waals surface area contributed by atoms with Crippen LogP contribution in [0.3, 0.4) is 0 Å². The Kier molecular flexibility index (Phi) is 2.50. The molecule has 12 heavy (non-hydrogen) atoms. The van der Waals surface area contributed by atoms with Crippen molar-refractivity contribution in [2.24, 2.45) is 5.41 Å². The van der Waals surface area contributed by atoms with Crippen LogP contribution < -0.4 is 5.32 Å². The minimum Gasteiger partial charge on any atom is -0.389 e. The topological polar surface area (TPSA) is 32.3 Å². The van der Waals surface area contributed by atoms with Gasteiger partial charge >= 0.3 is 0 Å². The maximum Gasteiger partial charge on any atom is 0.0741 e. The molecule has 0 radical (unpaired) electrons. The van der Waals surface area contributed by atoms with Gasteiger partial charge in [0.05, 0.1) is 5.60 Å². The van der Waals surface area contributed by atoms with Crippen molar-refractivity contribution in [3.63, 3.8) is 0 Å². The number of nitrogens with one attached hydrogen (secondary N) is 1. The van der Waals surface area contributed by atoms with Gasteiger partial charge in [0.25, 0.3) is 0 Å². The van der Waals surface area contributed by atoms with Gasteiger partial charge in [0, 0.05) is 12.6 Å². The van der Waals surface area contributed by atoms with E-state index in [1.165, 1.54) is 6.42 Å². The summed E-state index contributed by atoms with van der Waals surface area (Å²) in [6.07, 6.45) is 2.06. The third kappa shape index (κ3) is 2.46. The fourth-order valence-electron chi connectivity index (χ4n) is 1.28. The third-order valence-electron chi connectivity index (χ3n) is 3.00. The minimum absolute atomic E-state index is 0.462. The van der Waals surface area contributed by atoms with Crippen molar-refractivity contribution in [2.75, 3.05) is 6.54 Å². The molecule has 0 spiro atoms. The van der Waals surface area contributed by atoms with Crippen LogP contribution in [0.5, 0.6) is 0 Å². The first-order chi connectivity index (χ1) is 5.37. The summed E-state index contributed by atoms with van der Waals surface area (Å²) in [4.78, 5) is 0. The Labute approximate surface area is 75.4 Å². The Morgan fingerprint density at radius 1 is 1.58 bits per heavy atom. The Hall–Kier alpha value is -0.0800. The molecule has 2 N–H and O–H groups in total. The van der Waals surface area contributed by atoms with Crippen LogP contribution in [-0.2, 0) is 0 Å². The third-order valence-corrected chi connectivity index (χ3v) is 3.00. The molecule has 1 fully saturated rings. The van der Waals surface area contributed by atoms with E-state index in [1.54, 1.807) is 0 Å². The van der Waals surface area contributed by atoms with Gasteiger partial charge in [0.2, 0.25) is 0 Å². The van der Waals surface area contributed by atoms with E-state index >= 15 is 0 Å². The lowest BCUT2D eigenvalue weighted by molar-refractivity contribution is 0.0547. The summed E-state index contributed by atoms with van der Waals surface area (Å²) in [5.41, 5.74) is -0.0670. The predicted octanol–water partition coefficient (Wildman–Crippen LogP) is 1.54. The SMILES string of the molecule is CCC(C)(O)CNC1CC1(C)C. The molecule has 2 atom stereocenters. The van der Waals surface area contributed by atoms with E-state index in [0.29, 0.717) is 11.5 Å². The fraction of sp³-hybridized carbons (Fsp3) is 1.00. The normalized spacial score (nSPS) is 31.2. The number of rotatable bonds is 4. The molecule has 2 heteroatoms. The molecule has 0 aromatic rings. The van der Waals surface area contributed by atoms with E-state index in [2.05, 4.69) is 19.2 Å². The molecule has 2 nitrogen and oxygen atoms in total. The van der Waals surface area contributed by atoms with Crippen molar-refractivity contribution in [3.8, 4) is 0 Å². The van der Waals surface area contributed by atoms with Crippen LogP contribution in [0, 0.1) is 5.41 Å². The van der Waals surface area contributed by atoms with Gasteiger partial charge in [-0.1, -0.05) is 20.8 Å². The molecule has 0 aromatic heterocycles. The molecule has 72 valence electrons. The maximum atomic E-state index is 9.71. The second-order valence-corrected chi connectivity index (χ2v) is 4.98. The van der Waals surface area contributed by atoms with E-state index in [9.17, 15) is 5.11 Å². The Bertz CT molecular complexity index is 163. The van der Waals surface area contributed by atoms with E-state index in [1.807, 2.05) is 13.8 Å². The largest absolute Gasteiger partial charge is 0.389 e. The van der Waals surface area contributed by atoms with Crippen molar-refractivity contribution in [1.82, 2.24) is 5.32 Å². The predicted molar refractivity (Wildman–Crippen MR) is 51.1 cm³/mol. The van der Waals surface area contributed by atoms with E-state index in [0.717, 1.165) is 13.0 Å². The highest BCUT2D eigenvalue weighted by atomic mass is 16.3. The molecule has 0 amide bonds. The lowest BCUT2D eigenvalue weighted by Gasteiger charge is -2.22. The standard InChI is InChI=1S/C10H21NO/c1-5-10(4,12)7-11-8-6-9(8,2)3/h8,11-12H,5-7H2,1-4H3. The Balaban J connectivity index is 2.19. The first kappa shape index (κ1) is 10.0. The molecule has 1 aliphatic carbocycles. The molecule has 0 saturated heterocycles. The molecule has 0 heterocycles. The molecule has 0 bridgehead atoms. The van der Waals surface area contributed by atoms with Crippen molar-refractivity contribution in [2.45, 2.75) is 52.2 Å². The molecule has 0 aromatic carbocycles. The average Bonchev–Trinajstić information content (AvgIpc) is 2.56. The zero-order valence-electron chi connectivity index (χ0n) is 8.65. The second-order valence-electron chi connectivity index (χ2n) is 4.98. The highest BCUT2D eigenvalue weighted by molar-refractivity contribution is 5.02. The van der Waals surface area contributed by atoms with Gasteiger partial charge in [0.1, 0.15) is 0 Å². The summed E-state index contributed by atoms with van der Waals surface area (Å²) >= 11 is 0. The zero-order chi connectivity index (χ0) is 9.41. The van der Waals surface area contributed by atoms with Crippen LogP contribution in [0.15, 0.2) is 0 Å². The first-order valence-corrected chi connectivity index (χ1v) is 4.83. The molecular formula is C10H21NO. The molecular weight excluding hydrogens is 150 g/mol. The Morgan fingerprint density at radius 2 is 2.08 bits per heavy atom. The van der Waals surface area contributed by atoms with Crippen LogP contribution in [0.1, 0.15) is 40.5 Å². The van der Waals surface area contributed by atoms with Crippen LogP contribution in [0.4, 0.5) is 0 Å². The molecule has 1 aliphatic rings. The van der Waals surface area contributed by atoms with Gasteiger partial charge < -0.3 is 10.4 Å². The van der Waals surface area contributed by atoms with Gasteiger partial charge in [-0.05, 0) is 25.2 Å². The quantitative estimate of drug-likeness (QED) is 0.672. The van der Waals surface area contributed by atoms with E-state index in [-0.39, 0.29) is 0 Å². The van der Waals surface area contributed by atoms with Gasteiger partial charge in [0.15, 0.2) is 0 Å². The lowest BCUT2D eigenvalue weighted by atomic mass is 10.0. The van der Waals surface area contributed by atoms with Crippen molar-refractivity contribution >= 4 is 0 Å². The van der Waals surface area contributed by atoms with Crippen LogP contribution >= 0.6 is 0 Å². The monoisotopic (exact) mass is 171 g/mol. The number of hydrogen-bond donors (Lipinski definition) is 2. The summed E-state index contributed by atoms with van der Waals surface area (Å²) in [6.45, 7) is 9.13. The second kappa shape index (κ2) is 3.00. The summed E-state index contributed by atoms with van der Waals surface area (Å²) in [5.74, 6) is 0. The van der Waals surface area contributed by atoms with Gasteiger partial charge in [-0.15, -0.1) is 0 Å². The maximum absolute atomic E-state index is 9.71. The van der Waals surface area contributed by atoms with E-state index < -0.39 is 5.60 Å². The Morgan fingerprint density at radius 3 is 2.42 bits per heavy atom.